The molecular formula is C43H27N3. The van der Waals surface area contributed by atoms with Crippen molar-refractivity contribution in [2.75, 3.05) is 4.90 Å². The summed E-state index contributed by atoms with van der Waals surface area (Å²) in [5, 5.41) is 3.59. The molecular weight excluding hydrogens is 558 g/mol. The second kappa shape index (κ2) is 9.65. The first kappa shape index (κ1) is 25.2. The summed E-state index contributed by atoms with van der Waals surface area (Å²) in [6, 6.07) is 59.2. The van der Waals surface area contributed by atoms with Gasteiger partial charge in [-0.25, -0.2) is 4.98 Å². The molecule has 0 radical (unpaired) electrons. The van der Waals surface area contributed by atoms with Crippen LogP contribution in [0.4, 0.5) is 17.1 Å². The van der Waals surface area contributed by atoms with Crippen LogP contribution in [-0.4, -0.2) is 9.38 Å². The highest BCUT2D eigenvalue weighted by Crippen LogP contribution is 2.51. The minimum Gasteiger partial charge on any atom is -0.309 e. The SMILES string of the molecule is c1ccc(N2c3ccccc3-c3ccccc3-c3cc(-c4ccc5c(c4)c4ccccc4n4c6ccccc6nc54)ccc32)cc1. The van der Waals surface area contributed by atoms with Gasteiger partial charge in [-0.2, -0.15) is 0 Å². The van der Waals surface area contributed by atoms with Gasteiger partial charge < -0.3 is 4.90 Å². The van der Waals surface area contributed by atoms with Crippen molar-refractivity contribution in [1.29, 1.82) is 0 Å². The first-order chi connectivity index (χ1) is 22.8. The lowest BCUT2D eigenvalue weighted by atomic mass is 9.92. The van der Waals surface area contributed by atoms with Crippen LogP contribution in [0.5, 0.6) is 0 Å². The van der Waals surface area contributed by atoms with Crippen LogP contribution < -0.4 is 4.90 Å². The predicted molar refractivity (Wildman–Crippen MR) is 192 cm³/mol. The Kier molecular flexibility index (Phi) is 5.28. The van der Waals surface area contributed by atoms with Gasteiger partial charge in [0.15, 0.2) is 0 Å². The van der Waals surface area contributed by atoms with E-state index in [0.717, 1.165) is 27.8 Å². The number of anilines is 3. The zero-order chi connectivity index (χ0) is 30.2. The number of benzene rings is 7. The summed E-state index contributed by atoms with van der Waals surface area (Å²) in [5.41, 5.74) is 15.1. The standard InChI is InChI=1S/C43H27N3/c1-2-12-30(13-3-1)45-39-19-9-6-16-33(39)31-14-4-5-15-32(31)37-27-29(23-25-41(37)45)28-22-24-35-36(26-28)34-17-7-10-20-40(34)46-42-21-11-8-18-38(42)44-43(35)46/h1-27H. The smallest absolute Gasteiger partial charge is 0.146 e. The van der Waals surface area contributed by atoms with Gasteiger partial charge in [-0.3, -0.25) is 4.40 Å². The number of nitrogens with zero attached hydrogens (tertiary/aromatic N) is 3. The van der Waals surface area contributed by atoms with Crippen LogP contribution in [0.1, 0.15) is 0 Å². The second-order valence-electron chi connectivity index (χ2n) is 12.0. The number of para-hydroxylation sites is 5. The molecule has 214 valence electrons. The summed E-state index contributed by atoms with van der Waals surface area (Å²) < 4.78 is 2.31. The van der Waals surface area contributed by atoms with E-state index < -0.39 is 0 Å². The van der Waals surface area contributed by atoms with E-state index in [1.54, 1.807) is 0 Å². The molecule has 0 aliphatic carbocycles. The molecule has 1 aliphatic heterocycles. The molecule has 46 heavy (non-hydrogen) atoms. The molecule has 7 aromatic carbocycles. The van der Waals surface area contributed by atoms with Crippen molar-refractivity contribution in [3.8, 4) is 33.4 Å². The third-order valence-corrected chi connectivity index (χ3v) is 9.49. The molecule has 0 fully saturated rings. The van der Waals surface area contributed by atoms with Gasteiger partial charge in [0.05, 0.1) is 27.9 Å². The van der Waals surface area contributed by atoms with Crippen molar-refractivity contribution < 1.29 is 0 Å². The average molecular weight is 586 g/mol. The fraction of sp³-hybridized carbons (Fsp3) is 0. The maximum absolute atomic E-state index is 5.10. The lowest BCUT2D eigenvalue weighted by Gasteiger charge is -2.27. The van der Waals surface area contributed by atoms with Crippen LogP contribution in [0.15, 0.2) is 164 Å². The monoisotopic (exact) mass is 585 g/mol. The Morgan fingerprint density at radius 1 is 0.391 bits per heavy atom. The van der Waals surface area contributed by atoms with Crippen molar-refractivity contribution in [3.63, 3.8) is 0 Å². The number of rotatable bonds is 2. The Bertz CT molecular complexity index is 2650. The number of aromatic nitrogens is 2. The maximum Gasteiger partial charge on any atom is 0.146 e. The van der Waals surface area contributed by atoms with Crippen LogP contribution in [0.25, 0.3) is 71.7 Å². The lowest BCUT2D eigenvalue weighted by Crippen LogP contribution is -2.10. The lowest BCUT2D eigenvalue weighted by molar-refractivity contribution is 1.29. The van der Waals surface area contributed by atoms with Crippen LogP contribution in [-0.2, 0) is 0 Å². The normalized spacial score (nSPS) is 12.3. The Morgan fingerprint density at radius 3 is 1.89 bits per heavy atom. The Morgan fingerprint density at radius 2 is 1.02 bits per heavy atom. The molecule has 9 aromatic rings. The third-order valence-electron chi connectivity index (χ3n) is 9.49. The molecule has 0 bridgehead atoms. The highest BCUT2D eigenvalue weighted by atomic mass is 15.1. The topological polar surface area (TPSA) is 20.5 Å². The zero-order valence-corrected chi connectivity index (χ0v) is 24.9. The van der Waals surface area contributed by atoms with Crippen LogP contribution in [0, 0.1) is 0 Å². The van der Waals surface area contributed by atoms with Gasteiger partial charge in [-0.1, -0.05) is 103 Å². The van der Waals surface area contributed by atoms with Crippen LogP contribution in [0.3, 0.4) is 0 Å². The molecule has 10 rings (SSSR count). The summed E-state index contributed by atoms with van der Waals surface area (Å²) in [6.07, 6.45) is 0. The van der Waals surface area contributed by atoms with E-state index in [0.29, 0.717) is 0 Å². The Balaban J connectivity index is 1.24. The number of imidazole rings is 1. The Labute approximate surface area is 266 Å². The largest absolute Gasteiger partial charge is 0.309 e. The molecule has 2 aromatic heterocycles. The molecule has 0 amide bonds. The minimum atomic E-state index is 0.994. The molecule has 0 saturated heterocycles. The van der Waals surface area contributed by atoms with Crippen molar-refractivity contribution in [2.45, 2.75) is 0 Å². The van der Waals surface area contributed by atoms with E-state index in [-0.39, 0.29) is 0 Å². The van der Waals surface area contributed by atoms with E-state index in [2.05, 4.69) is 173 Å². The zero-order valence-electron chi connectivity index (χ0n) is 24.9. The fourth-order valence-electron chi connectivity index (χ4n) is 7.45. The highest BCUT2D eigenvalue weighted by molar-refractivity contribution is 6.15. The van der Waals surface area contributed by atoms with Crippen molar-refractivity contribution in [1.82, 2.24) is 9.38 Å². The van der Waals surface area contributed by atoms with Crippen molar-refractivity contribution in [3.05, 3.63) is 164 Å². The summed E-state index contributed by atoms with van der Waals surface area (Å²) in [6.45, 7) is 0. The van der Waals surface area contributed by atoms with E-state index in [1.807, 2.05) is 0 Å². The molecule has 1 aliphatic rings. The van der Waals surface area contributed by atoms with Crippen LogP contribution >= 0.6 is 0 Å². The number of fused-ring (bicyclic) bond motifs is 13. The maximum atomic E-state index is 5.10. The molecule has 0 atom stereocenters. The summed E-state index contributed by atoms with van der Waals surface area (Å²) in [5.74, 6) is 0. The van der Waals surface area contributed by atoms with E-state index >= 15 is 0 Å². The van der Waals surface area contributed by atoms with E-state index in [4.69, 9.17) is 4.98 Å². The van der Waals surface area contributed by atoms with Crippen molar-refractivity contribution >= 4 is 55.4 Å². The molecule has 0 spiro atoms. The van der Waals surface area contributed by atoms with Gasteiger partial charge in [0.2, 0.25) is 0 Å². The summed E-state index contributed by atoms with van der Waals surface area (Å²) in [7, 11) is 0. The predicted octanol–water partition coefficient (Wildman–Crippen LogP) is 11.6. The van der Waals surface area contributed by atoms with Gasteiger partial charge in [-0.05, 0) is 88.3 Å². The van der Waals surface area contributed by atoms with Gasteiger partial charge in [0.25, 0.3) is 0 Å². The molecule has 0 unspecified atom stereocenters. The first-order valence-corrected chi connectivity index (χ1v) is 15.7. The third kappa shape index (κ3) is 3.57. The minimum absolute atomic E-state index is 0.994. The molecule has 3 heteroatoms. The quantitative estimate of drug-likeness (QED) is 0.188. The van der Waals surface area contributed by atoms with Gasteiger partial charge in [0, 0.05) is 27.6 Å². The van der Waals surface area contributed by atoms with E-state index in [1.165, 1.54) is 61.0 Å². The van der Waals surface area contributed by atoms with Gasteiger partial charge in [-0.15, -0.1) is 0 Å². The summed E-state index contributed by atoms with van der Waals surface area (Å²) >= 11 is 0. The number of pyridine rings is 1. The summed E-state index contributed by atoms with van der Waals surface area (Å²) in [4.78, 5) is 7.51. The van der Waals surface area contributed by atoms with E-state index in [9.17, 15) is 0 Å². The first-order valence-electron chi connectivity index (χ1n) is 15.7. The number of hydrogen-bond acceptors (Lipinski definition) is 2. The molecule has 0 N–H and O–H groups in total. The van der Waals surface area contributed by atoms with Gasteiger partial charge in [0.1, 0.15) is 5.65 Å². The second-order valence-corrected chi connectivity index (χ2v) is 12.0. The molecule has 3 heterocycles. The molecule has 3 nitrogen and oxygen atoms in total. The Hall–Kier alpha value is -6.19. The van der Waals surface area contributed by atoms with Crippen LogP contribution in [0.2, 0.25) is 0 Å². The highest BCUT2D eigenvalue weighted by Gasteiger charge is 2.26. The van der Waals surface area contributed by atoms with Gasteiger partial charge >= 0.3 is 0 Å². The van der Waals surface area contributed by atoms with Crippen molar-refractivity contribution in [2.24, 2.45) is 0 Å². The molecule has 0 saturated carbocycles. The fourth-order valence-corrected chi connectivity index (χ4v) is 7.45. The average Bonchev–Trinajstić information content (AvgIpc) is 3.47. The number of hydrogen-bond donors (Lipinski definition) is 0.